The molecule has 0 saturated carbocycles. The zero-order valence-corrected chi connectivity index (χ0v) is 17.4. The number of cyclic esters (lactones) is 1. The van der Waals surface area contributed by atoms with Crippen LogP contribution in [0.3, 0.4) is 0 Å². The van der Waals surface area contributed by atoms with Gasteiger partial charge in [-0.1, -0.05) is 12.1 Å². The van der Waals surface area contributed by atoms with Gasteiger partial charge in [-0.15, -0.1) is 0 Å². The zero-order chi connectivity index (χ0) is 21.9. The maximum atomic E-state index is 12.5. The molecule has 30 heavy (non-hydrogen) atoms. The van der Waals surface area contributed by atoms with Crippen LogP contribution in [0.1, 0.15) is 17.2 Å². The second kappa shape index (κ2) is 8.81. The molecule has 0 bridgehead atoms. The predicted molar refractivity (Wildman–Crippen MR) is 107 cm³/mol. The molecule has 0 radical (unpaired) electrons. The van der Waals surface area contributed by atoms with E-state index in [0.717, 1.165) is 5.56 Å². The summed E-state index contributed by atoms with van der Waals surface area (Å²) in [4.78, 5) is 12.5. The van der Waals surface area contributed by atoms with Crippen LogP contribution in [-0.4, -0.2) is 56.8 Å². The lowest BCUT2D eigenvalue weighted by atomic mass is 9.78. The number of esters is 1. The molecule has 2 aromatic carbocycles. The van der Waals surface area contributed by atoms with E-state index in [1.54, 1.807) is 31.4 Å². The van der Waals surface area contributed by atoms with Crippen LogP contribution in [0.4, 0.5) is 0 Å². The Morgan fingerprint density at radius 2 is 1.53 bits per heavy atom. The van der Waals surface area contributed by atoms with Gasteiger partial charge in [-0.25, -0.2) is 4.79 Å². The first-order chi connectivity index (χ1) is 14.4. The summed E-state index contributed by atoms with van der Waals surface area (Å²) in [5.41, 5.74) is -1.01. The Labute approximate surface area is 174 Å². The molecule has 0 spiro atoms. The highest BCUT2D eigenvalue weighted by molar-refractivity contribution is 5.83. The Morgan fingerprint density at radius 3 is 2.13 bits per heavy atom. The van der Waals surface area contributed by atoms with Gasteiger partial charge in [0.2, 0.25) is 0 Å². The Balaban J connectivity index is 1.91. The number of hydrogen-bond donors (Lipinski definition) is 2. The van der Waals surface area contributed by atoms with Gasteiger partial charge in [0, 0.05) is 5.92 Å². The van der Waals surface area contributed by atoms with E-state index in [9.17, 15) is 15.0 Å². The molecule has 2 N–H and O–H groups in total. The highest BCUT2D eigenvalue weighted by atomic mass is 16.6. The highest BCUT2D eigenvalue weighted by Gasteiger charge is 2.56. The number of rotatable bonds is 8. The summed E-state index contributed by atoms with van der Waals surface area (Å²) in [5, 5.41) is 22.2. The minimum atomic E-state index is -2.12. The van der Waals surface area contributed by atoms with Crippen molar-refractivity contribution in [3.8, 4) is 23.0 Å². The maximum absolute atomic E-state index is 12.5. The summed E-state index contributed by atoms with van der Waals surface area (Å²) < 4.78 is 26.2. The van der Waals surface area contributed by atoms with E-state index < -0.39 is 23.6 Å². The van der Waals surface area contributed by atoms with E-state index in [4.69, 9.17) is 23.7 Å². The van der Waals surface area contributed by atoms with E-state index in [1.165, 1.54) is 27.4 Å². The number of benzene rings is 2. The maximum Gasteiger partial charge on any atom is 0.341 e. The number of aliphatic hydroxyl groups excluding tert-OH is 1. The molecule has 0 aromatic heterocycles. The van der Waals surface area contributed by atoms with Crippen molar-refractivity contribution in [2.45, 2.75) is 18.1 Å². The van der Waals surface area contributed by atoms with Gasteiger partial charge in [-0.2, -0.15) is 0 Å². The topological polar surface area (TPSA) is 104 Å². The van der Waals surface area contributed by atoms with E-state index in [2.05, 4.69) is 0 Å². The van der Waals surface area contributed by atoms with Gasteiger partial charge in [0.25, 0.3) is 0 Å². The first-order valence-corrected chi connectivity index (χ1v) is 9.39. The van der Waals surface area contributed by atoms with Crippen LogP contribution in [0.15, 0.2) is 36.4 Å². The molecule has 0 amide bonds. The number of carbonyl (C=O) groups excluding carboxylic acids is 1. The minimum absolute atomic E-state index is 0.0198. The second-order valence-corrected chi connectivity index (χ2v) is 7.03. The van der Waals surface area contributed by atoms with Crippen molar-refractivity contribution in [3.05, 3.63) is 47.5 Å². The number of methoxy groups -OCH3 is 4. The first-order valence-electron chi connectivity index (χ1n) is 9.39. The molecule has 0 aliphatic carbocycles. The smallest absolute Gasteiger partial charge is 0.341 e. The Kier molecular flexibility index (Phi) is 6.38. The normalized spacial score (nSPS) is 21.7. The summed E-state index contributed by atoms with van der Waals surface area (Å²) >= 11 is 0. The largest absolute Gasteiger partial charge is 0.493 e. The van der Waals surface area contributed by atoms with Crippen LogP contribution >= 0.6 is 0 Å². The van der Waals surface area contributed by atoms with Gasteiger partial charge in [-0.3, -0.25) is 0 Å². The van der Waals surface area contributed by atoms with Crippen molar-refractivity contribution in [1.82, 2.24) is 0 Å². The predicted octanol–water partition coefficient (Wildman–Crippen LogP) is 1.90. The summed E-state index contributed by atoms with van der Waals surface area (Å²) in [7, 11) is 6.03. The number of ether oxygens (including phenoxy) is 5. The highest BCUT2D eigenvalue weighted by Crippen LogP contribution is 2.42. The molecule has 0 unspecified atom stereocenters. The summed E-state index contributed by atoms with van der Waals surface area (Å²) in [6.07, 6.45) is -1.23. The fourth-order valence-electron chi connectivity index (χ4n) is 3.70. The van der Waals surface area contributed by atoms with Gasteiger partial charge in [0.05, 0.1) is 35.0 Å². The molecule has 8 heteroatoms. The van der Waals surface area contributed by atoms with Gasteiger partial charge >= 0.3 is 5.97 Å². The van der Waals surface area contributed by atoms with Crippen LogP contribution in [0, 0.1) is 5.92 Å². The minimum Gasteiger partial charge on any atom is -0.493 e. The van der Waals surface area contributed by atoms with Crippen LogP contribution in [0.2, 0.25) is 0 Å². The lowest BCUT2D eigenvalue weighted by Gasteiger charge is -2.31. The molecule has 1 fully saturated rings. The molecule has 2 aromatic rings. The SMILES string of the molecule is COc1ccc(C[C@H]2COC(=O)[C@@]2(O)[C@H](O)c2ccc(OC)c(OC)c2)cc1OC. The van der Waals surface area contributed by atoms with Gasteiger partial charge in [-0.05, 0) is 41.8 Å². The van der Waals surface area contributed by atoms with E-state index in [-0.39, 0.29) is 13.0 Å². The van der Waals surface area contributed by atoms with E-state index in [0.29, 0.717) is 28.6 Å². The second-order valence-electron chi connectivity index (χ2n) is 7.03. The fraction of sp³-hybridized carbons (Fsp3) is 0.409. The first kappa shape index (κ1) is 21.7. The summed E-state index contributed by atoms with van der Waals surface area (Å²) in [6, 6.07) is 10.0. The molecule has 3 rings (SSSR count). The Morgan fingerprint density at radius 1 is 0.967 bits per heavy atom. The Bertz CT molecular complexity index is 912. The third-order valence-electron chi connectivity index (χ3n) is 5.44. The van der Waals surface area contributed by atoms with E-state index >= 15 is 0 Å². The van der Waals surface area contributed by atoms with Crippen molar-refractivity contribution in [2.75, 3.05) is 35.0 Å². The monoisotopic (exact) mass is 418 g/mol. The Hall–Kier alpha value is -2.97. The average Bonchev–Trinajstić information content (AvgIpc) is 3.07. The fourth-order valence-corrected chi connectivity index (χ4v) is 3.70. The van der Waals surface area contributed by atoms with Gasteiger partial charge < -0.3 is 33.9 Å². The van der Waals surface area contributed by atoms with Crippen LogP contribution in [0.25, 0.3) is 0 Å². The van der Waals surface area contributed by atoms with Crippen molar-refractivity contribution in [3.63, 3.8) is 0 Å². The quantitative estimate of drug-likeness (QED) is 0.627. The molecule has 162 valence electrons. The van der Waals surface area contributed by atoms with Crippen LogP contribution in [0.5, 0.6) is 23.0 Å². The zero-order valence-electron chi connectivity index (χ0n) is 17.4. The lowest BCUT2D eigenvalue weighted by molar-refractivity contribution is -0.167. The van der Waals surface area contributed by atoms with Crippen molar-refractivity contribution in [1.29, 1.82) is 0 Å². The van der Waals surface area contributed by atoms with Crippen LogP contribution < -0.4 is 18.9 Å². The van der Waals surface area contributed by atoms with Crippen LogP contribution in [-0.2, 0) is 16.0 Å². The molecular weight excluding hydrogens is 392 g/mol. The molecular formula is C22H26O8. The molecule has 1 aliphatic rings. The molecule has 1 saturated heterocycles. The molecule has 1 aliphatic heterocycles. The van der Waals surface area contributed by atoms with Gasteiger partial charge in [0.15, 0.2) is 28.6 Å². The summed E-state index contributed by atoms with van der Waals surface area (Å²) in [6.45, 7) is -0.0198. The third kappa shape index (κ3) is 3.76. The molecule has 3 atom stereocenters. The lowest BCUT2D eigenvalue weighted by Crippen LogP contribution is -2.47. The molecule has 8 nitrogen and oxygen atoms in total. The molecule has 1 heterocycles. The van der Waals surface area contributed by atoms with Gasteiger partial charge in [0.1, 0.15) is 6.10 Å². The van der Waals surface area contributed by atoms with E-state index in [1.807, 2.05) is 6.07 Å². The summed E-state index contributed by atoms with van der Waals surface area (Å²) in [5.74, 6) is 0.406. The van der Waals surface area contributed by atoms with Crippen molar-refractivity contribution in [2.24, 2.45) is 5.92 Å². The van der Waals surface area contributed by atoms with Crippen molar-refractivity contribution < 1.29 is 38.7 Å². The number of hydrogen-bond acceptors (Lipinski definition) is 8. The third-order valence-corrected chi connectivity index (χ3v) is 5.44. The number of carbonyl (C=O) groups is 1. The standard InChI is InChI=1S/C22H26O8/c1-26-16-7-5-13(10-18(16)28-3)9-15-12-30-21(24)22(15,25)20(23)14-6-8-17(27-2)19(11-14)29-4/h5-8,10-11,15,20,23,25H,9,12H2,1-4H3/t15-,20+,22-/m0/s1. The average molecular weight is 418 g/mol. The van der Waals surface area contributed by atoms with Crippen molar-refractivity contribution >= 4 is 5.97 Å². The number of aliphatic hydroxyl groups is 2.